The Kier molecular flexibility index (Phi) is 6.10. The van der Waals surface area contributed by atoms with Crippen molar-refractivity contribution in [2.45, 2.75) is 17.9 Å². The second kappa shape index (κ2) is 8.55. The number of ether oxygens (including phenoxy) is 2. The molecule has 1 atom stereocenters. The van der Waals surface area contributed by atoms with E-state index in [0.717, 1.165) is 5.56 Å². The summed E-state index contributed by atoms with van der Waals surface area (Å²) in [6.07, 6.45) is -1.06. The topological polar surface area (TPSA) is 84.9 Å². The van der Waals surface area contributed by atoms with Crippen molar-refractivity contribution in [2.75, 3.05) is 18.9 Å². The summed E-state index contributed by atoms with van der Waals surface area (Å²) in [5, 5.41) is 10.9. The van der Waals surface area contributed by atoms with Gasteiger partial charge in [-0.1, -0.05) is 48.0 Å². The van der Waals surface area contributed by atoms with Crippen LogP contribution in [0.5, 0.6) is 11.5 Å². The summed E-state index contributed by atoms with van der Waals surface area (Å²) >= 11 is 0. The van der Waals surface area contributed by atoms with Gasteiger partial charge in [0.15, 0.2) is 11.5 Å². The van der Waals surface area contributed by atoms with Crippen LogP contribution >= 0.6 is 0 Å². The molecule has 3 aromatic rings. The molecule has 152 valence electrons. The minimum absolute atomic E-state index is 0.123. The fraction of sp³-hybridized carbons (Fsp3) is 0.182. The molecule has 3 rings (SSSR count). The molecule has 2 N–H and O–H groups in total. The Balaban J connectivity index is 2.09. The zero-order valence-electron chi connectivity index (χ0n) is 16.4. The molecule has 0 aliphatic rings. The monoisotopic (exact) mass is 413 g/mol. The van der Waals surface area contributed by atoms with E-state index in [4.69, 9.17) is 9.47 Å². The van der Waals surface area contributed by atoms with Crippen molar-refractivity contribution < 1.29 is 23.0 Å². The molecule has 0 aliphatic carbocycles. The van der Waals surface area contributed by atoms with Crippen molar-refractivity contribution in [3.63, 3.8) is 0 Å². The zero-order chi connectivity index (χ0) is 21.0. The van der Waals surface area contributed by atoms with Gasteiger partial charge in [0.05, 0.1) is 24.8 Å². The standard InChI is InChI=1S/C22H23NO5S/c1-15-9-11-17(12-10-15)29(25,26)23-19-14-21(28-3)20(27-2)13-18(19)22(24)16-7-5-4-6-8-16/h4-14,22-24H,1-3H3/t22-/m0/s1. The molecule has 0 spiro atoms. The molecule has 0 unspecified atom stereocenters. The van der Waals surface area contributed by atoms with Crippen molar-refractivity contribution in [1.82, 2.24) is 0 Å². The van der Waals surface area contributed by atoms with Gasteiger partial charge in [-0.3, -0.25) is 4.72 Å². The molecule has 0 aliphatic heterocycles. The summed E-state index contributed by atoms with van der Waals surface area (Å²) in [5.41, 5.74) is 2.13. The lowest BCUT2D eigenvalue weighted by molar-refractivity contribution is 0.220. The predicted molar refractivity (Wildman–Crippen MR) is 112 cm³/mol. The van der Waals surface area contributed by atoms with Gasteiger partial charge in [0.1, 0.15) is 6.10 Å². The molecule has 3 aromatic carbocycles. The van der Waals surface area contributed by atoms with Crippen LogP contribution in [0.15, 0.2) is 71.6 Å². The van der Waals surface area contributed by atoms with Crippen LogP contribution in [0, 0.1) is 6.92 Å². The maximum atomic E-state index is 12.9. The third-order valence-corrected chi connectivity index (χ3v) is 5.92. The first-order chi connectivity index (χ1) is 13.9. The van der Waals surface area contributed by atoms with Gasteiger partial charge in [-0.2, -0.15) is 0 Å². The van der Waals surface area contributed by atoms with E-state index in [-0.39, 0.29) is 10.6 Å². The van der Waals surface area contributed by atoms with E-state index in [1.54, 1.807) is 42.5 Å². The highest BCUT2D eigenvalue weighted by Crippen LogP contribution is 2.39. The number of sulfonamides is 1. The summed E-state index contributed by atoms with van der Waals surface area (Å²) in [7, 11) is -0.930. The summed E-state index contributed by atoms with van der Waals surface area (Å²) in [4.78, 5) is 0.123. The van der Waals surface area contributed by atoms with Gasteiger partial charge in [-0.15, -0.1) is 0 Å². The largest absolute Gasteiger partial charge is 0.493 e. The molecule has 0 aromatic heterocycles. The van der Waals surface area contributed by atoms with E-state index in [2.05, 4.69) is 4.72 Å². The zero-order valence-corrected chi connectivity index (χ0v) is 17.2. The molecule has 0 amide bonds. The maximum absolute atomic E-state index is 12.9. The van der Waals surface area contributed by atoms with E-state index in [1.807, 2.05) is 13.0 Å². The molecule has 0 heterocycles. The molecule has 0 radical (unpaired) electrons. The Morgan fingerprint density at radius 2 is 1.48 bits per heavy atom. The second-order valence-corrected chi connectivity index (χ2v) is 8.21. The van der Waals surface area contributed by atoms with Crippen molar-refractivity contribution >= 4 is 15.7 Å². The molecule has 29 heavy (non-hydrogen) atoms. The number of aryl methyl sites for hydroxylation is 1. The number of nitrogens with one attached hydrogen (secondary N) is 1. The SMILES string of the molecule is COc1cc(NS(=O)(=O)c2ccc(C)cc2)c([C@@H](O)c2ccccc2)cc1OC. The summed E-state index contributed by atoms with van der Waals surface area (Å²) in [6.45, 7) is 1.88. The number of rotatable bonds is 7. The summed E-state index contributed by atoms with van der Waals surface area (Å²) < 4.78 is 39.0. The normalized spacial score (nSPS) is 12.3. The molecule has 0 saturated heterocycles. The van der Waals surface area contributed by atoms with Gasteiger partial charge >= 0.3 is 0 Å². The van der Waals surface area contributed by atoms with Crippen LogP contribution in [0.2, 0.25) is 0 Å². The van der Waals surface area contributed by atoms with Gasteiger partial charge in [0.25, 0.3) is 10.0 Å². The number of methoxy groups -OCH3 is 2. The van der Waals surface area contributed by atoms with Crippen molar-refractivity contribution in [3.05, 3.63) is 83.4 Å². The number of hydrogen-bond acceptors (Lipinski definition) is 5. The predicted octanol–water partition coefficient (Wildman–Crippen LogP) is 3.89. The molecule has 6 nitrogen and oxygen atoms in total. The summed E-state index contributed by atoms with van der Waals surface area (Å²) in [5.74, 6) is 0.730. The van der Waals surface area contributed by atoms with Gasteiger partial charge in [0, 0.05) is 11.6 Å². The lowest BCUT2D eigenvalue weighted by Crippen LogP contribution is -2.16. The first kappa shape index (κ1) is 20.7. The first-order valence-electron chi connectivity index (χ1n) is 8.94. The number of aliphatic hydroxyl groups is 1. The van der Waals surface area contributed by atoms with Crippen molar-refractivity contribution in [3.8, 4) is 11.5 Å². The molecule has 0 bridgehead atoms. The van der Waals surface area contributed by atoms with Crippen LogP contribution in [0.1, 0.15) is 22.8 Å². The lowest BCUT2D eigenvalue weighted by atomic mass is 9.99. The fourth-order valence-corrected chi connectivity index (χ4v) is 4.02. The van der Waals surface area contributed by atoms with Crippen LogP contribution in [-0.4, -0.2) is 27.7 Å². The van der Waals surface area contributed by atoms with Crippen LogP contribution in [-0.2, 0) is 10.0 Å². The van der Waals surface area contributed by atoms with Crippen molar-refractivity contribution in [1.29, 1.82) is 0 Å². The van der Waals surface area contributed by atoms with Gasteiger partial charge in [-0.05, 0) is 30.7 Å². The number of aliphatic hydroxyl groups excluding tert-OH is 1. The van der Waals surface area contributed by atoms with E-state index in [9.17, 15) is 13.5 Å². The third-order valence-electron chi connectivity index (χ3n) is 4.54. The quantitative estimate of drug-likeness (QED) is 0.614. The Morgan fingerprint density at radius 1 is 0.897 bits per heavy atom. The maximum Gasteiger partial charge on any atom is 0.261 e. The molecule has 7 heteroatoms. The molecule has 0 saturated carbocycles. The fourth-order valence-electron chi connectivity index (χ4n) is 2.95. The van der Waals surface area contributed by atoms with Crippen LogP contribution in [0.3, 0.4) is 0 Å². The van der Waals surface area contributed by atoms with E-state index >= 15 is 0 Å². The Hall–Kier alpha value is -3.03. The summed E-state index contributed by atoms with van der Waals surface area (Å²) in [6, 6.07) is 18.6. The van der Waals surface area contributed by atoms with E-state index < -0.39 is 16.1 Å². The second-order valence-electron chi connectivity index (χ2n) is 6.53. The Morgan fingerprint density at radius 3 is 2.07 bits per heavy atom. The highest BCUT2D eigenvalue weighted by Gasteiger charge is 2.23. The minimum atomic E-state index is -3.87. The van der Waals surface area contributed by atoms with E-state index in [1.165, 1.54) is 32.4 Å². The van der Waals surface area contributed by atoms with Gasteiger partial charge in [-0.25, -0.2) is 8.42 Å². The number of benzene rings is 3. The molecular formula is C22H23NO5S. The lowest BCUT2D eigenvalue weighted by Gasteiger charge is -2.20. The first-order valence-corrected chi connectivity index (χ1v) is 10.4. The highest BCUT2D eigenvalue weighted by molar-refractivity contribution is 7.92. The highest BCUT2D eigenvalue weighted by atomic mass is 32.2. The van der Waals surface area contributed by atoms with E-state index in [0.29, 0.717) is 22.6 Å². The Labute approximate surface area is 170 Å². The average Bonchev–Trinajstić information content (AvgIpc) is 2.73. The number of hydrogen-bond donors (Lipinski definition) is 2. The minimum Gasteiger partial charge on any atom is -0.493 e. The van der Waals surface area contributed by atoms with Crippen LogP contribution < -0.4 is 14.2 Å². The Bertz CT molecular complexity index is 1080. The van der Waals surface area contributed by atoms with Crippen LogP contribution in [0.25, 0.3) is 0 Å². The third kappa shape index (κ3) is 4.52. The van der Waals surface area contributed by atoms with Gasteiger partial charge in [0.2, 0.25) is 0 Å². The number of anilines is 1. The average molecular weight is 413 g/mol. The van der Waals surface area contributed by atoms with Crippen LogP contribution in [0.4, 0.5) is 5.69 Å². The molecule has 0 fully saturated rings. The smallest absolute Gasteiger partial charge is 0.261 e. The van der Waals surface area contributed by atoms with Crippen molar-refractivity contribution in [2.24, 2.45) is 0 Å². The van der Waals surface area contributed by atoms with Gasteiger partial charge < -0.3 is 14.6 Å². The molecular weight excluding hydrogens is 390 g/mol.